The van der Waals surface area contributed by atoms with Crippen molar-refractivity contribution in [2.45, 2.75) is 26.2 Å². The Kier molecular flexibility index (Phi) is 2.93. The van der Waals surface area contributed by atoms with Gasteiger partial charge in [0.1, 0.15) is 5.82 Å². The number of rotatable bonds is 2. The number of benzene rings is 1. The van der Waals surface area contributed by atoms with E-state index in [2.05, 4.69) is 21.2 Å². The van der Waals surface area contributed by atoms with Gasteiger partial charge in [-0.25, -0.2) is 4.39 Å². The fraction of sp³-hybridized carbons (Fsp3) is 0.500. The molecule has 4 heteroatoms. The molecule has 0 radical (unpaired) electrons. The summed E-state index contributed by atoms with van der Waals surface area (Å²) in [4.78, 5) is 12.1. The van der Waals surface area contributed by atoms with Crippen molar-refractivity contribution in [1.82, 2.24) is 0 Å². The predicted octanol–water partition coefficient (Wildman–Crippen LogP) is 3.88. The van der Waals surface area contributed by atoms with Crippen molar-refractivity contribution in [3.05, 3.63) is 28.0 Å². The second-order valence-electron chi connectivity index (χ2n) is 5.35. The molecule has 2 aliphatic carbocycles. The summed E-state index contributed by atoms with van der Waals surface area (Å²) in [7, 11) is 0. The molecule has 2 aliphatic rings. The molecular weight excluding hydrogens is 297 g/mol. The molecule has 1 N–H and O–H groups in total. The van der Waals surface area contributed by atoms with Crippen LogP contribution in [0.5, 0.6) is 0 Å². The van der Waals surface area contributed by atoms with Gasteiger partial charge in [-0.05, 0) is 65.2 Å². The zero-order valence-corrected chi connectivity index (χ0v) is 11.8. The van der Waals surface area contributed by atoms with Crippen LogP contribution in [0.15, 0.2) is 16.6 Å². The number of hydrogen-bond acceptors (Lipinski definition) is 1. The van der Waals surface area contributed by atoms with Crippen molar-refractivity contribution in [3.8, 4) is 0 Å². The minimum absolute atomic E-state index is 0.0644. The molecule has 2 saturated carbocycles. The van der Waals surface area contributed by atoms with E-state index < -0.39 is 0 Å². The summed E-state index contributed by atoms with van der Waals surface area (Å²) in [5, 5.41) is 2.87. The molecule has 2 nitrogen and oxygen atoms in total. The number of nitrogens with one attached hydrogen (secondary N) is 1. The van der Waals surface area contributed by atoms with Gasteiger partial charge in [-0.15, -0.1) is 0 Å². The summed E-state index contributed by atoms with van der Waals surface area (Å²) < 4.78 is 13.9. The molecule has 96 valence electrons. The van der Waals surface area contributed by atoms with Gasteiger partial charge in [0, 0.05) is 11.6 Å². The summed E-state index contributed by atoms with van der Waals surface area (Å²) in [6, 6.07) is 3.08. The van der Waals surface area contributed by atoms with Crippen molar-refractivity contribution < 1.29 is 9.18 Å². The van der Waals surface area contributed by atoms with Gasteiger partial charge < -0.3 is 5.32 Å². The first kappa shape index (κ1) is 12.2. The van der Waals surface area contributed by atoms with E-state index in [-0.39, 0.29) is 17.6 Å². The van der Waals surface area contributed by atoms with E-state index in [0.29, 0.717) is 22.0 Å². The van der Waals surface area contributed by atoms with Crippen LogP contribution < -0.4 is 5.32 Å². The lowest BCUT2D eigenvalue weighted by molar-refractivity contribution is -0.118. The molecule has 0 bridgehead atoms. The molecule has 1 aromatic carbocycles. The molecule has 18 heavy (non-hydrogen) atoms. The zero-order chi connectivity index (χ0) is 12.9. The molecule has 0 heterocycles. The lowest BCUT2D eigenvalue weighted by atomic mass is 10.1. The van der Waals surface area contributed by atoms with Gasteiger partial charge in [0.2, 0.25) is 5.91 Å². The van der Waals surface area contributed by atoms with Crippen LogP contribution in [-0.4, -0.2) is 5.91 Å². The molecule has 0 saturated heterocycles. The summed E-state index contributed by atoms with van der Waals surface area (Å²) in [6.45, 7) is 1.87. The van der Waals surface area contributed by atoms with Crippen LogP contribution in [0, 0.1) is 30.5 Å². The molecule has 2 fully saturated rings. The SMILES string of the molecule is Cc1cc(Br)c(F)cc1NC(=O)C1C2CCCC21. The second-order valence-corrected chi connectivity index (χ2v) is 6.21. The highest BCUT2D eigenvalue weighted by molar-refractivity contribution is 9.10. The number of carbonyl (C=O) groups is 1. The quantitative estimate of drug-likeness (QED) is 0.882. The molecule has 0 aliphatic heterocycles. The molecule has 2 atom stereocenters. The Morgan fingerprint density at radius 3 is 2.72 bits per heavy atom. The Labute approximate surface area is 114 Å². The first-order valence-electron chi connectivity index (χ1n) is 6.34. The largest absolute Gasteiger partial charge is 0.325 e. The third kappa shape index (κ3) is 1.96. The topological polar surface area (TPSA) is 29.1 Å². The second kappa shape index (κ2) is 4.34. The van der Waals surface area contributed by atoms with Crippen LogP contribution >= 0.6 is 15.9 Å². The molecule has 2 unspecified atom stereocenters. The number of amides is 1. The monoisotopic (exact) mass is 311 g/mol. The lowest BCUT2D eigenvalue weighted by Crippen LogP contribution is -2.17. The Balaban J connectivity index is 1.73. The molecule has 1 amide bonds. The molecule has 0 spiro atoms. The number of fused-ring (bicyclic) bond motifs is 1. The van der Waals surface area contributed by atoms with Crippen molar-refractivity contribution in [1.29, 1.82) is 0 Å². The van der Waals surface area contributed by atoms with E-state index in [1.165, 1.54) is 25.3 Å². The smallest absolute Gasteiger partial charge is 0.228 e. The van der Waals surface area contributed by atoms with E-state index >= 15 is 0 Å². The molecule has 1 aromatic rings. The zero-order valence-electron chi connectivity index (χ0n) is 10.2. The standard InChI is InChI=1S/C14H15BrFNO/c1-7-5-10(15)11(16)6-12(7)17-14(18)13-8-3-2-4-9(8)13/h5-6,8-9,13H,2-4H2,1H3,(H,17,18). The highest BCUT2D eigenvalue weighted by atomic mass is 79.9. The molecule has 3 rings (SSSR count). The Morgan fingerprint density at radius 2 is 2.06 bits per heavy atom. The van der Waals surface area contributed by atoms with Gasteiger partial charge >= 0.3 is 0 Å². The summed E-state index contributed by atoms with van der Waals surface area (Å²) in [6.07, 6.45) is 3.61. The van der Waals surface area contributed by atoms with E-state index in [9.17, 15) is 9.18 Å². The number of carbonyl (C=O) groups excluding carboxylic acids is 1. The number of hydrogen-bond donors (Lipinski definition) is 1. The van der Waals surface area contributed by atoms with Crippen molar-refractivity contribution in [3.63, 3.8) is 0 Å². The van der Waals surface area contributed by atoms with Gasteiger partial charge in [-0.2, -0.15) is 0 Å². The number of halogens is 2. The van der Waals surface area contributed by atoms with Crippen LogP contribution in [0.2, 0.25) is 0 Å². The minimum atomic E-state index is -0.341. The van der Waals surface area contributed by atoms with Gasteiger partial charge in [0.15, 0.2) is 0 Å². The maximum Gasteiger partial charge on any atom is 0.228 e. The van der Waals surface area contributed by atoms with Crippen LogP contribution in [0.3, 0.4) is 0 Å². The summed E-state index contributed by atoms with van der Waals surface area (Å²) in [5.74, 6) is 1.07. The highest BCUT2D eigenvalue weighted by Crippen LogP contribution is 2.57. The van der Waals surface area contributed by atoms with Gasteiger partial charge in [0.25, 0.3) is 0 Å². The van der Waals surface area contributed by atoms with Crippen LogP contribution in [0.4, 0.5) is 10.1 Å². The third-order valence-electron chi connectivity index (χ3n) is 4.23. The minimum Gasteiger partial charge on any atom is -0.325 e. The number of aryl methyl sites for hydroxylation is 1. The maximum absolute atomic E-state index is 13.5. The average Bonchev–Trinajstić information content (AvgIpc) is 2.80. The third-order valence-corrected chi connectivity index (χ3v) is 4.84. The van der Waals surface area contributed by atoms with Gasteiger partial charge in [0.05, 0.1) is 4.47 Å². The normalized spacial score (nSPS) is 28.9. The van der Waals surface area contributed by atoms with Crippen molar-refractivity contribution in [2.75, 3.05) is 5.32 Å². The van der Waals surface area contributed by atoms with Crippen molar-refractivity contribution in [2.24, 2.45) is 17.8 Å². The fourth-order valence-corrected chi connectivity index (χ4v) is 3.67. The molecule has 0 aromatic heterocycles. The Bertz CT molecular complexity index is 507. The lowest BCUT2D eigenvalue weighted by Gasteiger charge is -2.10. The van der Waals surface area contributed by atoms with E-state index in [4.69, 9.17) is 0 Å². The van der Waals surface area contributed by atoms with Crippen LogP contribution in [0.1, 0.15) is 24.8 Å². The predicted molar refractivity (Wildman–Crippen MR) is 71.8 cm³/mol. The Morgan fingerprint density at radius 1 is 1.39 bits per heavy atom. The van der Waals surface area contributed by atoms with E-state index in [0.717, 1.165) is 5.56 Å². The first-order valence-corrected chi connectivity index (χ1v) is 7.13. The van der Waals surface area contributed by atoms with Gasteiger partial charge in [-0.1, -0.05) is 6.42 Å². The Hall–Kier alpha value is -0.900. The summed E-state index contributed by atoms with van der Waals surface area (Å²) >= 11 is 3.14. The van der Waals surface area contributed by atoms with E-state index in [1.54, 1.807) is 6.07 Å². The highest BCUT2D eigenvalue weighted by Gasteiger charge is 2.56. The average molecular weight is 312 g/mol. The summed E-state index contributed by atoms with van der Waals surface area (Å²) in [5.41, 5.74) is 1.47. The fourth-order valence-electron chi connectivity index (χ4n) is 3.21. The van der Waals surface area contributed by atoms with Gasteiger partial charge in [-0.3, -0.25) is 4.79 Å². The van der Waals surface area contributed by atoms with Crippen LogP contribution in [0.25, 0.3) is 0 Å². The van der Waals surface area contributed by atoms with E-state index in [1.807, 2.05) is 6.92 Å². The first-order chi connectivity index (χ1) is 8.58. The number of anilines is 1. The maximum atomic E-state index is 13.5. The van der Waals surface area contributed by atoms with Crippen LogP contribution in [-0.2, 0) is 4.79 Å². The molecular formula is C14H15BrFNO. The van der Waals surface area contributed by atoms with Crippen molar-refractivity contribution >= 4 is 27.5 Å².